The predicted molar refractivity (Wildman–Crippen MR) is 223 cm³/mol. The first kappa shape index (κ1) is 41.6. The highest BCUT2D eigenvalue weighted by Crippen LogP contribution is 2.35. The first-order valence-corrected chi connectivity index (χ1v) is 20.0. The van der Waals surface area contributed by atoms with Gasteiger partial charge in [0.1, 0.15) is 29.0 Å². The summed E-state index contributed by atoms with van der Waals surface area (Å²) in [5.41, 5.74) is 5.79. The van der Waals surface area contributed by atoms with Crippen LogP contribution in [0.1, 0.15) is 122 Å². The van der Waals surface area contributed by atoms with Crippen molar-refractivity contribution in [3.05, 3.63) is 83.3 Å². The number of hydrogen-bond acceptors (Lipinski definition) is 7. The molecule has 0 bridgehead atoms. The minimum absolute atomic E-state index is 0.00328. The second kappa shape index (κ2) is 17.2. The summed E-state index contributed by atoms with van der Waals surface area (Å²) in [6, 6.07) is 13.5. The minimum atomic E-state index is -0.710. The summed E-state index contributed by atoms with van der Waals surface area (Å²) < 4.78 is 10.4. The zero-order chi connectivity index (χ0) is 41.8. The van der Waals surface area contributed by atoms with Crippen molar-refractivity contribution < 1.29 is 23.9 Å². The number of nitrogens with one attached hydrogen (secondary N) is 3. The Kier molecular flexibility index (Phi) is 12.4. The van der Waals surface area contributed by atoms with Gasteiger partial charge in [0.2, 0.25) is 5.91 Å². The van der Waals surface area contributed by atoms with E-state index in [1.807, 2.05) is 51.7 Å². The Balaban J connectivity index is 1.25. The van der Waals surface area contributed by atoms with Gasteiger partial charge in [-0.15, -0.1) is 0 Å². The molecule has 2 saturated heterocycles. The first-order chi connectivity index (χ1) is 27.5. The molecule has 0 aliphatic carbocycles. The molecule has 304 valence electrons. The van der Waals surface area contributed by atoms with Crippen molar-refractivity contribution in [1.82, 2.24) is 35.1 Å². The lowest BCUT2D eigenvalue weighted by molar-refractivity contribution is -0.135. The number of rotatable bonds is 7. The SMILES string of the molecule is COC(=O)N[C@H](C(=O)N1CCC[C@H]1c1ncc(-c2ccc(C#CC#Cc3cnc([C@@H]4CCCN4C(=O)OC(C)(C)C)[nH]3)c(-c3ccc(C(C)(C)C)cc3)c2)[nH]1)C(C)C. The van der Waals surface area contributed by atoms with Crippen molar-refractivity contribution in [2.24, 2.45) is 5.92 Å². The van der Waals surface area contributed by atoms with Crippen molar-refractivity contribution in [2.75, 3.05) is 20.2 Å². The summed E-state index contributed by atoms with van der Waals surface area (Å²) in [5, 5.41) is 2.71. The summed E-state index contributed by atoms with van der Waals surface area (Å²) >= 11 is 0. The molecule has 2 aromatic heterocycles. The Morgan fingerprint density at radius 3 is 2.10 bits per heavy atom. The monoisotopic (exact) mass is 785 g/mol. The molecule has 3 atom stereocenters. The van der Waals surface area contributed by atoms with Crippen LogP contribution in [-0.2, 0) is 19.7 Å². The molecule has 0 radical (unpaired) electrons. The third-order valence-corrected chi connectivity index (χ3v) is 10.5. The molecule has 3 amide bonds. The smallest absolute Gasteiger partial charge is 0.410 e. The van der Waals surface area contributed by atoms with Gasteiger partial charge in [0.05, 0.1) is 37.3 Å². The Bertz CT molecular complexity index is 2250. The fraction of sp³-hybridized carbons (Fsp3) is 0.457. The Labute approximate surface area is 341 Å². The second-order valence-electron chi connectivity index (χ2n) is 17.3. The second-order valence-corrected chi connectivity index (χ2v) is 17.3. The largest absolute Gasteiger partial charge is 0.453 e. The maximum absolute atomic E-state index is 13.7. The third-order valence-electron chi connectivity index (χ3n) is 10.5. The maximum Gasteiger partial charge on any atom is 0.410 e. The number of imidazole rings is 2. The zero-order valence-electron chi connectivity index (χ0n) is 35.1. The van der Waals surface area contributed by atoms with E-state index >= 15 is 0 Å². The van der Waals surface area contributed by atoms with E-state index in [0.717, 1.165) is 53.6 Å². The lowest BCUT2D eigenvalue weighted by Crippen LogP contribution is -2.51. The van der Waals surface area contributed by atoms with Crippen LogP contribution in [0, 0.1) is 29.6 Å². The van der Waals surface area contributed by atoms with Crippen LogP contribution in [0.2, 0.25) is 0 Å². The average Bonchev–Trinajstić information content (AvgIpc) is 4.01. The van der Waals surface area contributed by atoms with Gasteiger partial charge in [-0.2, -0.15) is 0 Å². The van der Waals surface area contributed by atoms with Crippen LogP contribution in [0.25, 0.3) is 22.4 Å². The van der Waals surface area contributed by atoms with Crippen LogP contribution < -0.4 is 5.32 Å². The summed E-state index contributed by atoms with van der Waals surface area (Å²) in [7, 11) is 1.29. The van der Waals surface area contributed by atoms with E-state index in [4.69, 9.17) is 14.5 Å². The van der Waals surface area contributed by atoms with Crippen molar-refractivity contribution in [2.45, 2.75) is 110 Å². The third kappa shape index (κ3) is 9.74. The summed E-state index contributed by atoms with van der Waals surface area (Å²) in [6.07, 6.45) is 5.76. The number of likely N-dealkylation sites (tertiary alicyclic amines) is 2. The van der Waals surface area contributed by atoms with Gasteiger partial charge in [-0.25, -0.2) is 19.6 Å². The molecule has 2 aromatic carbocycles. The van der Waals surface area contributed by atoms with E-state index in [1.165, 1.54) is 12.7 Å². The molecule has 12 nitrogen and oxygen atoms in total. The molecule has 0 spiro atoms. The highest BCUT2D eigenvalue weighted by atomic mass is 16.6. The Morgan fingerprint density at radius 2 is 1.45 bits per heavy atom. The number of H-pyrrole nitrogens is 2. The zero-order valence-corrected chi connectivity index (χ0v) is 35.1. The summed E-state index contributed by atoms with van der Waals surface area (Å²) in [4.78, 5) is 58.2. The van der Waals surface area contributed by atoms with Crippen LogP contribution in [0.3, 0.4) is 0 Å². The molecule has 6 rings (SSSR count). The number of benzene rings is 2. The number of amides is 3. The van der Waals surface area contributed by atoms with Gasteiger partial charge in [-0.3, -0.25) is 9.69 Å². The minimum Gasteiger partial charge on any atom is -0.453 e. The molecule has 2 aliphatic heterocycles. The van der Waals surface area contributed by atoms with Crippen LogP contribution in [0.15, 0.2) is 54.9 Å². The molecule has 0 unspecified atom stereocenters. The molecular formula is C46H55N7O5. The topological polar surface area (TPSA) is 146 Å². The molecular weight excluding hydrogens is 731 g/mol. The predicted octanol–water partition coefficient (Wildman–Crippen LogP) is 8.28. The number of alkyl carbamates (subject to hydrolysis) is 1. The summed E-state index contributed by atoms with van der Waals surface area (Å²) in [6.45, 7) is 17.2. The van der Waals surface area contributed by atoms with E-state index in [-0.39, 0.29) is 35.4 Å². The molecule has 4 aromatic rings. The maximum atomic E-state index is 13.7. The first-order valence-electron chi connectivity index (χ1n) is 20.0. The van der Waals surface area contributed by atoms with Crippen LogP contribution in [-0.4, -0.2) is 79.7 Å². The fourth-order valence-corrected chi connectivity index (χ4v) is 7.41. The van der Waals surface area contributed by atoms with E-state index in [1.54, 1.807) is 17.3 Å². The number of hydrogen-bond donors (Lipinski definition) is 3. The van der Waals surface area contributed by atoms with Crippen molar-refractivity contribution >= 4 is 18.1 Å². The Hall–Kier alpha value is -6.01. The van der Waals surface area contributed by atoms with Crippen molar-refractivity contribution in [1.29, 1.82) is 0 Å². The van der Waals surface area contributed by atoms with Gasteiger partial charge in [-0.05, 0) is 104 Å². The number of aromatic nitrogens is 4. The highest BCUT2D eigenvalue weighted by Gasteiger charge is 2.38. The number of methoxy groups -OCH3 is 1. The lowest BCUT2D eigenvalue weighted by Gasteiger charge is -2.30. The average molecular weight is 786 g/mol. The number of carbonyl (C=O) groups is 3. The van der Waals surface area contributed by atoms with E-state index in [0.29, 0.717) is 30.4 Å². The van der Waals surface area contributed by atoms with E-state index < -0.39 is 17.7 Å². The van der Waals surface area contributed by atoms with Gasteiger partial charge >= 0.3 is 12.2 Å². The Morgan fingerprint density at radius 1 is 0.828 bits per heavy atom. The molecule has 2 fully saturated rings. The van der Waals surface area contributed by atoms with E-state index in [9.17, 15) is 14.4 Å². The van der Waals surface area contributed by atoms with Crippen LogP contribution >= 0.6 is 0 Å². The number of aromatic amines is 2. The molecule has 3 N–H and O–H groups in total. The number of nitrogens with zero attached hydrogens (tertiary/aromatic N) is 4. The van der Waals surface area contributed by atoms with E-state index in [2.05, 4.69) is 95.1 Å². The molecule has 0 saturated carbocycles. The van der Waals surface area contributed by atoms with Crippen LogP contribution in [0.4, 0.5) is 9.59 Å². The quantitative estimate of drug-likeness (QED) is 0.160. The number of ether oxygens (including phenoxy) is 2. The van der Waals surface area contributed by atoms with Gasteiger partial charge in [0.25, 0.3) is 0 Å². The summed E-state index contributed by atoms with van der Waals surface area (Å²) in [5.74, 6) is 13.5. The van der Waals surface area contributed by atoms with Crippen molar-refractivity contribution in [3.63, 3.8) is 0 Å². The standard InChI is InChI=1S/C46H55N7O5/c1-29(2)39(51-43(55)57-9)42(54)52-24-12-16-37(52)41-48-28-36(50-41)32-19-18-30(35(26-32)31-20-22-33(23-21-31)45(3,4)5)14-10-11-15-34-27-47-40(49-34)38-17-13-25-53(38)44(56)58-46(6,7)8/h18-23,26-29,37-39H,12-13,16-17,24-25H2,1-9H3,(H,47,49)(H,48,50)(H,51,55)/t37-,38-,39-/m0/s1. The fourth-order valence-electron chi connectivity index (χ4n) is 7.41. The van der Waals surface area contributed by atoms with Gasteiger partial charge < -0.3 is 29.7 Å². The van der Waals surface area contributed by atoms with Crippen molar-refractivity contribution in [3.8, 4) is 46.1 Å². The van der Waals surface area contributed by atoms with Gasteiger partial charge in [0.15, 0.2) is 0 Å². The lowest BCUT2D eigenvalue weighted by atomic mass is 9.86. The number of carbonyl (C=O) groups excluding carboxylic acids is 3. The van der Waals surface area contributed by atoms with Crippen LogP contribution in [0.5, 0.6) is 0 Å². The molecule has 58 heavy (non-hydrogen) atoms. The molecule has 2 aliphatic rings. The normalized spacial score (nSPS) is 17.3. The van der Waals surface area contributed by atoms with Gasteiger partial charge in [0, 0.05) is 24.2 Å². The highest BCUT2D eigenvalue weighted by molar-refractivity contribution is 5.86. The van der Waals surface area contributed by atoms with Gasteiger partial charge in [-0.1, -0.05) is 70.9 Å². The molecule has 4 heterocycles. The molecule has 12 heteroatoms.